The van der Waals surface area contributed by atoms with E-state index in [-0.39, 0.29) is 17.7 Å². The van der Waals surface area contributed by atoms with Crippen LogP contribution in [0.25, 0.3) is 22.4 Å². The average molecular weight is 330 g/mol. The number of hydrogen-bond donors (Lipinski definition) is 2. The highest BCUT2D eigenvalue weighted by molar-refractivity contribution is 7.99. The van der Waals surface area contributed by atoms with Crippen LogP contribution < -0.4 is 5.32 Å². The van der Waals surface area contributed by atoms with Gasteiger partial charge in [-0.1, -0.05) is 36.9 Å². The van der Waals surface area contributed by atoms with E-state index in [0.29, 0.717) is 11.1 Å². The van der Waals surface area contributed by atoms with Crippen molar-refractivity contribution in [2.75, 3.05) is 5.75 Å². The van der Waals surface area contributed by atoms with Crippen LogP contribution >= 0.6 is 11.8 Å². The van der Waals surface area contributed by atoms with Crippen LogP contribution in [0.3, 0.4) is 0 Å². The molecule has 120 valence electrons. The molecule has 1 amide bonds. The molecule has 0 fully saturated rings. The molecule has 7 heteroatoms. The second-order valence-electron chi connectivity index (χ2n) is 5.29. The molecule has 0 radical (unpaired) electrons. The van der Waals surface area contributed by atoms with E-state index in [4.69, 9.17) is 4.42 Å². The van der Waals surface area contributed by atoms with E-state index >= 15 is 0 Å². The van der Waals surface area contributed by atoms with Gasteiger partial charge in [-0.05, 0) is 19.4 Å². The van der Waals surface area contributed by atoms with Crippen molar-refractivity contribution < 1.29 is 9.21 Å². The number of amides is 1. The Kier molecular flexibility index (Phi) is 4.66. The highest BCUT2D eigenvalue weighted by Gasteiger charge is 2.14. The van der Waals surface area contributed by atoms with Crippen LogP contribution in [0, 0.1) is 0 Å². The minimum absolute atomic E-state index is 0.0313. The van der Waals surface area contributed by atoms with Crippen molar-refractivity contribution in [2.45, 2.75) is 31.5 Å². The fourth-order valence-electron chi connectivity index (χ4n) is 2.17. The molecule has 0 aliphatic rings. The number of H-pyrrole nitrogens is 1. The molecular formula is C16H18N4O2S. The summed E-state index contributed by atoms with van der Waals surface area (Å²) < 4.78 is 5.66. The first-order valence-corrected chi connectivity index (χ1v) is 8.48. The summed E-state index contributed by atoms with van der Waals surface area (Å²) in [5.41, 5.74) is 1.88. The van der Waals surface area contributed by atoms with Crippen LogP contribution in [0.5, 0.6) is 0 Å². The summed E-state index contributed by atoms with van der Waals surface area (Å²) in [7, 11) is 0. The lowest BCUT2D eigenvalue weighted by atomic mass is 10.2. The molecule has 1 atom stereocenters. The molecule has 0 aliphatic carbocycles. The molecule has 2 N–H and O–H groups in total. The van der Waals surface area contributed by atoms with Crippen LogP contribution in [0.15, 0.2) is 40.1 Å². The third kappa shape index (κ3) is 3.56. The van der Waals surface area contributed by atoms with Gasteiger partial charge < -0.3 is 14.7 Å². The van der Waals surface area contributed by atoms with E-state index in [1.807, 2.05) is 44.3 Å². The molecule has 1 aromatic carbocycles. The summed E-state index contributed by atoms with van der Waals surface area (Å²) in [6.45, 7) is 4.01. The number of benzene rings is 1. The van der Waals surface area contributed by atoms with E-state index in [1.54, 1.807) is 0 Å². The lowest BCUT2D eigenvalue weighted by molar-refractivity contribution is -0.119. The number of carbonyl (C=O) groups excluding carboxylic acids is 1. The first-order chi connectivity index (χ1) is 11.2. The Bertz CT molecular complexity index is 811. The van der Waals surface area contributed by atoms with E-state index in [2.05, 4.69) is 20.5 Å². The van der Waals surface area contributed by atoms with Gasteiger partial charge in [0.1, 0.15) is 0 Å². The summed E-state index contributed by atoms with van der Waals surface area (Å²) in [5, 5.41) is 12.4. The Balaban J connectivity index is 1.68. The fourth-order valence-corrected chi connectivity index (χ4v) is 2.75. The Hall–Kier alpha value is -2.28. The molecule has 0 aliphatic heterocycles. The number of rotatable bonds is 6. The average Bonchev–Trinajstić information content (AvgIpc) is 3.19. The third-order valence-electron chi connectivity index (χ3n) is 3.57. The minimum atomic E-state index is -0.0313. The maximum absolute atomic E-state index is 11.8. The number of nitrogens with zero attached hydrogens (tertiary/aromatic N) is 2. The second-order valence-corrected chi connectivity index (χ2v) is 6.21. The zero-order valence-corrected chi connectivity index (χ0v) is 13.8. The largest absolute Gasteiger partial charge is 0.411 e. The van der Waals surface area contributed by atoms with Crippen molar-refractivity contribution in [2.24, 2.45) is 0 Å². The Morgan fingerprint density at radius 1 is 1.39 bits per heavy atom. The van der Waals surface area contributed by atoms with Gasteiger partial charge in [-0.3, -0.25) is 4.79 Å². The standard InChI is InChI=1S/C16H18N4O2S/c1-3-10(2)18-14(21)9-23-16-20-19-15(22-16)12-8-17-13-7-5-4-6-11(12)13/h4-8,10,17H,3,9H2,1-2H3,(H,18,21)/t10-/m0/s1. The molecule has 3 rings (SSSR count). The van der Waals surface area contributed by atoms with Crippen molar-refractivity contribution in [1.82, 2.24) is 20.5 Å². The maximum Gasteiger partial charge on any atom is 0.277 e. The minimum Gasteiger partial charge on any atom is -0.411 e. The highest BCUT2D eigenvalue weighted by Crippen LogP contribution is 2.29. The molecule has 3 aromatic rings. The quantitative estimate of drug-likeness (QED) is 0.678. The summed E-state index contributed by atoms with van der Waals surface area (Å²) in [5.74, 6) is 0.684. The van der Waals surface area contributed by atoms with Crippen molar-refractivity contribution in [3.05, 3.63) is 30.5 Å². The Morgan fingerprint density at radius 3 is 3.04 bits per heavy atom. The molecule has 2 aromatic heterocycles. The predicted octanol–water partition coefficient (Wildman–Crippen LogP) is 3.22. The van der Waals surface area contributed by atoms with Crippen molar-refractivity contribution in [3.63, 3.8) is 0 Å². The molecule has 0 bridgehead atoms. The van der Waals surface area contributed by atoms with Crippen LogP contribution in [-0.2, 0) is 4.79 Å². The van der Waals surface area contributed by atoms with Crippen LogP contribution in [-0.4, -0.2) is 32.9 Å². The van der Waals surface area contributed by atoms with E-state index in [9.17, 15) is 4.79 Å². The number of nitrogens with one attached hydrogen (secondary N) is 2. The van der Waals surface area contributed by atoms with Gasteiger partial charge in [0, 0.05) is 23.1 Å². The zero-order chi connectivity index (χ0) is 16.2. The highest BCUT2D eigenvalue weighted by atomic mass is 32.2. The zero-order valence-electron chi connectivity index (χ0n) is 13.0. The Morgan fingerprint density at radius 2 is 2.22 bits per heavy atom. The SMILES string of the molecule is CC[C@H](C)NC(=O)CSc1nnc(-c2c[nH]c3ccccc23)o1. The van der Waals surface area contributed by atoms with Crippen molar-refractivity contribution in [3.8, 4) is 11.5 Å². The lowest BCUT2D eigenvalue weighted by Crippen LogP contribution is -2.33. The first-order valence-electron chi connectivity index (χ1n) is 7.49. The molecule has 0 saturated heterocycles. The molecule has 23 heavy (non-hydrogen) atoms. The van der Waals surface area contributed by atoms with Crippen LogP contribution in [0.1, 0.15) is 20.3 Å². The summed E-state index contributed by atoms with van der Waals surface area (Å²) in [6.07, 6.45) is 2.75. The van der Waals surface area contributed by atoms with Crippen molar-refractivity contribution >= 4 is 28.6 Å². The van der Waals surface area contributed by atoms with Gasteiger partial charge in [-0.15, -0.1) is 10.2 Å². The summed E-state index contributed by atoms with van der Waals surface area (Å²) in [4.78, 5) is 14.9. The summed E-state index contributed by atoms with van der Waals surface area (Å²) >= 11 is 1.24. The second kappa shape index (κ2) is 6.87. The van der Waals surface area contributed by atoms with Gasteiger partial charge in [0.15, 0.2) is 0 Å². The van der Waals surface area contributed by atoms with Gasteiger partial charge in [-0.25, -0.2) is 0 Å². The number of aromatic amines is 1. The van der Waals surface area contributed by atoms with Gasteiger partial charge in [-0.2, -0.15) is 0 Å². The summed E-state index contributed by atoms with van der Waals surface area (Å²) in [6, 6.07) is 8.09. The number of aromatic nitrogens is 3. The van der Waals surface area contributed by atoms with E-state index in [0.717, 1.165) is 22.9 Å². The molecule has 0 saturated carbocycles. The topological polar surface area (TPSA) is 83.8 Å². The lowest BCUT2D eigenvalue weighted by Gasteiger charge is -2.09. The van der Waals surface area contributed by atoms with E-state index < -0.39 is 0 Å². The molecule has 2 heterocycles. The number of hydrogen-bond acceptors (Lipinski definition) is 5. The molecular weight excluding hydrogens is 312 g/mol. The van der Waals surface area contributed by atoms with Gasteiger partial charge >= 0.3 is 0 Å². The molecule has 0 unspecified atom stereocenters. The number of thioether (sulfide) groups is 1. The number of carbonyl (C=O) groups is 1. The first kappa shape index (κ1) is 15.6. The normalized spacial score (nSPS) is 12.4. The Labute approximate surface area is 138 Å². The number of para-hydroxylation sites is 1. The van der Waals surface area contributed by atoms with Gasteiger partial charge in [0.2, 0.25) is 5.91 Å². The van der Waals surface area contributed by atoms with Gasteiger partial charge in [0.25, 0.3) is 11.1 Å². The smallest absolute Gasteiger partial charge is 0.277 e. The van der Waals surface area contributed by atoms with Gasteiger partial charge in [0.05, 0.1) is 11.3 Å². The molecule has 6 nitrogen and oxygen atoms in total. The van der Waals surface area contributed by atoms with Crippen LogP contribution in [0.2, 0.25) is 0 Å². The van der Waals surface area contributed by atoms with Crippen molar-refractivity contribution in [1.29, 1.82) is 0 Å². The predicted molar refractivity (Wildman–Crippen MR) is 90.2 cm³/mol. The molecule has 0 spiro atoms. The third-order valence-corrected chi connectivity index (χ3v) is 4.39. The van der Waals surface area contributed by atoms with Crippen LogP contribution in [0.4, 0.5) is 0 Å². The van der Waals surface area contributed by atoms with E-state index in [1.165, 1.54) is 11.8 Å². The number of fused-ring (bicyclic) bond motifs is 1. The fraction of sp³-hybridized carbons (Fsp3) is 0.312. The monoisotopic (exact) mass is 330 g/mol. The maximum atomic E-state index is 11.8.